The average Bonchev–Trinajstić information content (AvgIpc) is 3.18. The van der Waals surface area contributed by atoms with E-state index in [1.807, 2.05) is 16.9 Å². The normalized spacial score (nSPS) is 12.7. The lowest BCUT2D eigenvalue weighted by Gasteiger charge is -2.12. The van der Waals surface area contributed by atoms with E-state index in [2.05, 4.69) is 45.2 Å². The molecule has 104 valence electrons. The first-order chi connectivity index (χ1) is 9.81. The van der Waals surface area contributed by atoms with E-state index < -0.39 is 0 Å². The van der Waals surface area contributed by atoms with E-state index in [9.17, 15) is 0 Å². The maximum absolute atomic E-state index is 4.67. The predicted molar refractivity (Wildman–Crippen MR) is 84.0 cm³/mol. The van der Waals surface area contributed by atoms with Gasteiger partial charge < -0.3 is 5.32 Å². The predicted octanol–water partition coefficient (Wildman–Crippen LogP) is 3.25. The summed E-state index contributed by atoms with van der Waals surface area (Å²) in [7, 11) is 0. The van der Waals surface area contributed by atoms with Crippen molar-refractivity contribution in [3.63, 3.8) is 0 Å². The second kappa shape index (κ2) is 6.30. The maximum atomic E-state index is 4.67. The van der Waals surface area contributed by atoms with Crippen LogP contribution in [0.5, 0.6) is 0 Å². The van der Waals surface area contributed by atoms with Gasteiger partial charge >= 0.3 is 0 Å². The summed E-state index contributed by atoms with van der Waals surface area (Å²) in [5, 5.41) is 13.0. The van der Waals surface area contributed by atoms with Crippen molar-refractivity contribution in [1.82, 2.24) is 20.1 Å². The van der Waals surface area contributed by atoms with E-state index in [4.69, 9.17) is 0 Å². The first-order valence-corrected chi connectivity index (χ1v) is 8.26. The van der Waals surface area contributed by atoms with Crippen LogP contribution in [0.25, 0.3) is 9.88 Å². The minimum atomic E-state index is 0.363. The van der Waals surface area contributed by atoms with Crippen LogP contribution < -0.4 is 5.32 Å². The van der Waals surface area contributed by atoms with E-state index in [1.165, 1.54) is 4.88 Å². The molecular weight excluding hydrogens is 288 g/mol. The van der Waals surface area contributed by atoms with Crippen LogP contribution in [0.4, 0.5) is 0 Å². The molecular formula is C14H16N4S2. The third-order valence-electron chi connectivity index (χ3n) is 2.94. The summed E-state index contributed by atoms with van der Waals surface area (Å²) >= 11 is 3.44. The summed E-state index contributed by atoms with van der Waals surface area (Å²) in [6.07, 6.45) is 3.79. The highest BCUT2D eigenvalue weighted by atomic mass is 32.1. The minimum Gasteiger partial charge on any atom is -0.307 e. The number of thiazole rings is 1. The Morgan fingerprint density at radius 1 is 1.35 bits per heavy atom. The largest absolute Gasteiger partial charge is 0.307 e. The summed E-state index contributed by atoms with van der Waals surface area (Å²) in [6, 6.07) is 6.48. The Bertz CT molecular complexity index is 628. The van der Waals surface area contributed by atoms with Gasteiger partial charge in [-0.2, -0.15) is 5.10 Å². The molecule has 4 nitrogen and oxygen atoms in total. The zero-order chi connectivity index (χ0) is 13.8. The van der Waals surface area contributed by atoms with Gasteiger partial charge in [-0.05, 0) is 24.4 Å². The van der Waals surface area contributed by atoms with Gasteiger partial charge in [0.1, 0.15) is 5.01 Å². The lowest BCUT2D eigenvalue weighted by Crippen LogP contribution is -2.30. The lowest BCUT2D eigenvalue weighted by molar-refractivity contribution is 0.449. The number of rotatable bonds is 6. The Labute approximate surface area is 126 Å². The summed E-state index contributed by atoms with van der Waals surface area (Å²) in [4.78, 5) is 5.91. The van der Waals surface area contributed by atoms with Crippen molar-refractivity contribution in [2.75, 3.05) is 0 Å². The second-order valence-corrected chi connectivity index (χ2v) is 6.44. The molecule has 3 aromatic heterocycles. The van der Waals surface area contributed by atoms with Gasteiger partial charge in [0.2, 0.25) is 0 Å². The maximum Gasteiger partial charge on any atom is 0.133 e. The highest BCUT2D eigenvalue weighted by Gasteiger charge is 2.07. The number of hydrogen-bond acceptors (Lipinski definition) is 5. The zero-order valence-corrected chi connectivity index (χ0v) is 12.8. The molecule has 3 heterocycles. The van der Waals surface area contributed by atoms with Crippen LogP contribution in [-0.2, 0) is 13.1 Å². The Balaban J connectivity index is 1.53. The average molecular weight is 304 g/mol. The van der Waals surface area contributed by atoms with Gasteiger partial charge in [0.05, 0.1) is 17.1 Å². The van der Waals surface area contributed by atoms with Gasteiger partial charge in [0.25, 0.3) is 0 Å². The molecule has 0 aromatic carbocycles. The number of hydrogen-bond donors (Lipinski definition) is 1. The van der Waals surface area contributed by atoms with E-state index in [1.54, 1.807) is 28.9 Å². The summed E-state index contributed by atoms with van der Waals surface area (Å²) in [5.41, 5.74) is 1.10. The molecule has 1 N–H and O–H groups in total. The fraction of sp³-hybridized carbons (Fsp3) is 0.286. The molecule has 0 amide bonds. The van der Waals surface area contributed by atoms with E-state index in [0.29, 0.717) is 6.04 Å². The van der Waals surface area contributed by atoms with Gasteiger partial charge in [-0.3, -0.25) is 4.68 Å². The molecule has 0 unspecified atom stereocenters. The van der Waals surface area contributed by atoms with Crippen molar-refractivity contribution >= 4 is 22.7 Å². The molecule has 1 atom stereocenters. The molecule has 0 saturated carbocycles. The number of aromatic nitrogens is 3. The lowest BCUT2D eigenvalue weighted by atomic mass is 10.3. The molecule has 0 aliphatic rings. The van der Waals surface area contributed by atoms with Crippen LogP contribution in [0, 0.1) is 0 Å². The summed E-state index contributed by atoms with van der Waals surface area (Å²) < 4.78 is 1.94. The Kier molecular flexibility index (Phi) is 4.25. The third kappa shape index (κ3) is 3.33. The molecule has 6 heteroatoms. The van der Waals surface area contributed by atoms with Gasteiger partial charge in [-0.15, -0.1) is 22.7 Å². The molecule has 3 aromatic rings. The molecule has 0 bridgehead atoms. The van der Waals surface area contributed by atoms with Crippen molar-refractivity contribution in [3.05, 3.63) is 47.0 Å². The van der Waals surface area contributed by atoms with Gasteiger partial charge in [-0.1, -0.05) is 6.07 Å². The van der Waals surface area contributed by atoms with Crippen molar-refractivity contribution in [3.8, 4) is 9.88 Å². The van der Waals surface area contributed by atoms with Crippen LogP contribution in [-0.4, -0.2) is 20.8 Å². The Morgan fingerprint density at radius 2 is 2.30 bits per heavy atom. The topological polar surface area (TPSA) is 42.7 Å². The number of thiophene rings is 1. The van der Waals surface area contributed by atoms with Crippen molar-refractivity contribution < 1.29 is 0 Å². The highest BCUT2D eigenvalue weighted by molar-refractivity contribution is 7.20. The van der Waals surface area contributed by atoms with Crippen molar-refractivity contribution in [1.29, 1.82) is 0 Å². The molecule has 0 radical (unpaired) electrons. The SMILES string of the molecule is C[C@@H](Cn1cccn1)NCc1csc(-c2cccs2)n1. The summed E-state index contributed by atoms with van der Waals surface area (Å²) in [5.74, 6) is 0. The molecule has 0 spiro atoms. The number of nitrogens with zero attached hydrogens (tertiary/aromatic N) is 3. The van der Waals surface area contributed by atoms with Gasteiger partial charge in [0.15, 0.2) is 0 Å². The summed E-state index contributed by atoms with van der Waals surface area (Å²) in [6.45, 7) is 3.83. The smallest absolute Gasteiger partial charge is 0.133 e. The molecule has 0 aliphatic carbocycles. The van der Waals surface area contributed by atoms with Crippen molar-refractivity contribution in [2.45, 2.75) is 26.1 Å². The molecule has 20 heavy (non-hydrogen) atoms. The third-order valence-corrected chi connectivity index (χ3v) is 4.87. The van der Waals surface area contributed by atoms with E-state index in [-0.39, 0.29) is 0 Å². The number of nitrogens with one attached hydrogen (secondary N) is 1. The quantitative estimate of drug-likeness (QED) is 0.760. The fourth-order valence-electron chi connectivity index (χ4n) is 1.93. The molecule has 3 rings (SSSR count). The first-order valence-electron chi connectivity index (χ1n) is 6.50. The highest BCUT2D eigenvalue weighted by Crippen LogP contribution is 2.27. The first kappa shape index (κ1) is 13.5. The Hall–Kier alpha value is -1.50. The zero-order valence-electron chi connectivity index (χ0n) is 11.2. The molecule has 0 aliphatic heterocycles. The monoisotopic (exact) mass is 304 g/mol. The second-order valence-electron chi connectivity index (χ2n) is 4.63. The van der Waals surface area contributed by atoms with Crippen LogP contribution in [0.2, 0.25) is 0 Å². The fourth-order valence-corrected chi connectivity index (χ4v) is 3.57. The van der Waals surface area contributed by atoms with Crippen molar-refractivity contribution in [2.24, 2.45) is 0 Å². The molecule has 0 fully saturated rings. The minimum absolute atomic E-state index is 0.363. The van der Waals surface area contributed by atoms with Crippen LogP contribution in [0.1, 0.15) is 12.6 Å². The molecule has 0 saturated heterocycles. The van der Waals surface area contributed by atoms with Crippen LogP contribution >= 0.6 is 22.7 Å². The Morgan fingerprint density at radius 3 is 3.05 bits per heavy atom. The van der Waals surface area contributed by atoms with Crippen LogP contribution in [0.3, 0.4) is 0 Å². The van der Waals surface area contributed by atoms with Crippen LogP contribution in [0.15, 0.2) is 41.4 Å². The standard InChI is InChI=1S/C14H16N4S2/c1-11(9-18-6-3-5-16-18)15-8-12-10-20-14(17-12)13-4-2-7-19-13/h2-7,10-11,15H,8-9H2,1H3/t11-/m0/s1. The van der Waals surface area contributed by atoms with E-state index in [0.717, 1.165) is 23.8 Å². The van der Waals surface area contributed by atoms with E-state index >= 15 is 0 Å². The van der Waals surface area contributed by atoms with Gasteiger partial charge in [-0.25, -0.2) is 4.98 Å². The van der Waals surface area contributed by atoms with Gasteiger partial charge in [0, 0.05) is 30.4 Å².